The Bertz CT molecular complexity index is 619. The van der Waals surface area contributed by atoms with Gasteiger partial charge in [0, 0.05) is 11.3 Å². The third-order valence-electron chi connectivity index (χ3n) is 2.71. The maximum atomic E-state index is 11.4. The smallest absolute Gasteiger partial charge is 0.240 e. The van der Waals surface area contributed by atoms with Crippen LogP contribution in [0.3, 0.4) is 0 Å². The minimum absolute atomic E-state index is 0.0315. The lowest BCUT2D eigenvalue weighted by atomic mass is 10.2. The standard InChI is InChI=1S/C13H16N6O2S/c1-8-16-18-12(19-17-8)9-2-4-10(5-3-9)21-7-15-13(20)11(14)6-22/h2-5,11,22H,6-7,14H2,1H3,(H,15,20)/t11-/m0/s1. The lowest BCUT2D eigenvalue weighted by Crippen LogP contribution is -2.43. The number of rotatable bonds is 6. The van der Waals surface area contributed by atoms with Crippen molar-refractivity contribution in [3.8, 4) is 17.1 Å². The lowest BCUT2D eigenvalue weighted by Gasteiger charge is -2.11. The molecule has 3 N–H and O–H groups in total. The van der Waals surface area contributed by atoms with Crippen LogP contribution < -0.4 is 15.8 Å². The Morgan fingerprint density at radius 1 is 1.27 bits per heavy atom. The zero-order valence-electron chi connectivity index (χ0n) is 11.9. The van der Waals surface area contributed by atoms with E-state index < -0.39 is 6.04 Å². The molecule has 2 rings (SSSR count). The molecule has 0 aliphatic rings. The van der Waals surface area contributed by atoms with E-state index in [2.05, 4.69) is 38.3 Å². The molecule has 1 aromatic heterocycles. The van der Waals surface area contributed by atoms with Gasteiger partial charge in [-0.2, -0.15) is 12.6 Å². The average Bonchev–Trinajstić information content (AvgIpc) is 2.55. The number of nitrogens with zero attached hydrogens (tertiary/aromatic N) is 4. The van der Waals surface area contributed by atoms with Gasteiger partial charge in [0.2, 0.25) is 11.7 Å². The first kappa shape index (κ1) is 16.1. The predicted molar refractivity (Wildman–Crippen MR) is 83.3 cm³/mol. The monoisotopic (exact) mass is 320 g/mol. The summed E-state index contributed by atoms with van der Waals surface area (Å²) in [5.74, 6) is 1.51. The molecular formula is C13H16N6O2S. The van der Waals surface area contributed by atoms with Crippen LogP contribution in [0, 0.1) is 6.92 Å². The van der Waals surface area contributed by atoms with Crippen molar-refractivity contribution in [2.24, 2.45) is 5.73 Å². The van der Waals surface area contributed by atoms with Crippen LogP contribution in [0.25, 0.3) is 11.4 Å². The molecule has 1 atom stereocenters. The molecule has 1 amide bonds. The third-order valence-corrected chi connectivity index (χ3v) is 3.10. The Kier molecular flexibility index (Phi) is 5.61. The number of hydrogen-bond acceptors (Lipinski definition) is 8. The molecule has 9 heteroatoms. The molecule has 0 radical (unpaired) electrons. The summed E-state index contributed by atoms with van der Waals surface area (Å²) >= 11 is 3.95. The number of thiol groups is 1. The van der Waals surface area contributed by atoms with Gasteiger partial charge >= 0.3 is 0 Å². The average molecular weight is 320 g/mol. The Labute approximate surface area is 132 Å². The van der Waals surface area contributed by atoms with Gasteiger partial charge in [0.05, 0.1) is 6.04 Å². The molecule has 0 aliphatic heterocycles. The molecule has 0 unspecified atom stereocenters. The van der Waals surface area contributed by atoms with E-state index in [0.29, 0.717) is 17.4 Å². The number of benzene rings is 1. The molecule has 0 saturated carbocycles. The van der Waals surface area contributed by atoms with E-state index in [-0.39, 0.29) is 18.4 Å². The second-order valence-corrected chi connectivity index (χ2v) is 4.78. The fourth-order valence-corrected chi connectivity index (χ4v) is 1.67. The molecule has 2 aromatic rings. The molecule has 0 bridgehead atoms. The fraction of sp³-hybridized carbons (Fsp3) is 0.308. The van der Waals surface area contributed by atoms with Crippen LogP contribution in [0.4, 0.5) is 0 Å². The summed E-state index contributed by atoms with van der Waals surface area (Å²) in [5, 5.41) is 18.2. The van der Waals surface area contributed by atoms with Gasteiger partial charge in [0.15, 0.2) is 12.6 Å². The van der Waals surface area contributed by atoms with E-state index in [9.17, 15) is 4.79 Å². The predicted octanol–water partition coefficient (Wildman–Crippen LogP) is -0.0484. The van der Waals surface area contributed by atoms with Crippen molar-refractivity contribution >= 4 is 18.5 Å². The first-order valence-corrected chi connectivity index (χ1v) is 7.15. The van der Waals surface area contributed by atoms with Gasteiger partial charge in [-0.1, -0.05) is 0 Å². The van der Waals surface area contributed by atoms with E-state index in [1.165, 1.54) is 0 Å². The van der Waals surface area contributed by atoms with E-state index in [0.717, 1.165) is 5.56 Å². The summed E-state index contributed by atoms with van der Waals surface area (Å²) in [5.41, 5.74) is 6.29. The minimum Gasteiger partial charge on any atom is -0.473 e. The highest BCUT2D eigenvalue weighted by molar-refractivity contribution is 7.80. The first-order chi connectivity index (χ1) is 10.6. The number of nitrogens with two attached hydrogens (primary N) is 1. The number of carbonyl (C=O) groups excluding carboxylic acids is 1. The number of ether oxygens (including phenoxy) is 1. The van der Waals surface area contributed by atoms with Crippen LogP contribution in [0.15, 0.2) is 24.3 Å². The van der Waals surface area contributed by atoms with Crippen LogP contribution in [0.2, 0.25) is 0 Å². The van der Waals surface area contributed by atoms with E-state index in [1.54, 1.807) is 31.2 Å². The largest absolute Gasteiger partial charge is 0.473 e. The molecule has 1 heterocycles. The number of amides is 1. The lowest BCUT2D eigenvalue weighted by molar-refractivity contribution is -0.122. The highest BCUT2D eigenvalue weighted by Gasteiger charge is 2.10. The number of hydrogen-bond donors (Lipinski definition) is 3. The van der Waals surface area contributed by atoms with E-state index >= 15 is 0 Å². The van der Waals surface area contributed by atoms with Crippen molar-refractivity contribution in [1.82, 2.24) is 25.7 Å². The molecule has 8 nitrogen and oxygen atoms in total. The topological polar surface area (TPSA) is 116 Å². The van der Waals surface area contributed by atoms with Crippen LogP contribution in [-0.2, 0) is 4.79 Å². The van der Waals surface area contributed by atoms with Crippen LogP contribution in [-0.4, -0.2) is 44.8 Å². The molecule has 0 aliphatic carbocycles. The second-order valence-electron chi connectivity index (χ2n) is 4.41. The second kappa shape index (κ2) is 7.66. The molecule has 0 fully saturated rings. The first-order valence-electron chi connectivity index (χ1n) is 6.51. The third kappa shape index (κ3) is 4.37. The molecule has 0 spiro atoms. The van der Waals surface area contributed by atoms with Gasteiger partial charge in [0.1, 0.15) is 5.75 Å². The van der Waals surface area contributed by atoms with Crippen LogP contribution >= 0.6 is 12.6 Å². The van der Waals surface area contributed by atoms with Crippen molar-refractivity contribution in [2.75, 3.05) is 12.5 Å². The summed E-state index contributed by atoms with van der Waals surface area (Å²) in [6.45, 7) is 1.75. The van der Waals surface area contributed by atoms with Crippen molar-refractivity contribution in [3.63, 3.8) is 0 Å². The summed E-state index contributed by atoms with van der Waals surface area (Å²) in [6.07, 6.45) is 0. The van der Waals surface area contributed by atoms with Gasteiger partial charge in [-0.15, -0.1) is 20.4 Å². The van der Waals surface area contributed by atoms with Crippen LogP contribution in [0.5, 0.6) is 5.75 Å². The molecular weight excluding hydrogens is 304 g/mol. The number of aromatic nitrogens is 4. The van der Waals surface area contributed by atoms with Crippen molar-refractivity contribution in [3.05, 3.63) is 30.1 Å². The maximum Gasteiger partial charge on any atom is 0.240 e. The molecule has 1 aromatic carbocycles. The number of aryl methyl sites for hydroxylation is 1. The Morgan fingerprint density at radius 3 is 2.50 bits per heavy atom. The summed E-state index contributed by atoms with van der Waals surface area (Å²) < 4.78 is 5.40. The van der Waals surface area contributed by atoms with Gasteiger partial charge < -0.3 is 15.8 Å². The SMILES string of the molecule is Cc1nnc(-c2ccc(OCNC(=O)[C@@H](N)CS)cc2)nn1. The van der Waals surface area contributed by atoms with Gasteiger partial charge in [-0.05, 0) is 31.2 Å². The van der Waals surface area contributed by atoms with Gasteiger partial charge in [-0.3, -0.25) is 4.79 Å². The molecule has 0 saturated heterocycles. The highest BCUT2D eigenvalue weighted by Crippen LogP contribution is 2.18. The Hall–Kier alpha value is -2.26. The number of nitrogens with one attached hydrogen (secondary N) is 1. The van der Waals surface area contributed by atoms with E-state index in [4.69, 9.17) is 10.5 Å². The summed E-state index contributed by atoms with van der Waals surface area (Å²) in [7, 11) is 0. The summed E-state index contributed by atoms with van der Waals surface area (Å²) in [6, 6.07) is 6.40. The molecule has 22 heavy (non-hydrogen) atoms. The highest BCUT2D eigenvalue weighted by atomic mass is 32.1. The van der Waals surface area contributed by atoms with E-state index in [1.807, 2.05) is 0 Å². The van der Waals surface area contributed by atoms with Crippen molar-refractivity contribution in [1.29, 1.82) is 0 Å². The van der Waals surface area contributed by atoms with Gasteiger partial charge in [0.25, 0.3) is 0 Å². The Morgan fingerprint density at radius 2 is 1.91 bits per heavy atom. The van der Waals surface area contributed by atoms with Crippen LogP contribution in [0.1, 0.15) is 5.82 Å². The summed E-state index contributed by atoms with van der Waals surface area (Å²) in [4.78, 5) is 11.4. The quantitative estimate of drug-likeness (QED) is 0.505. The zero-order valence-corrected chi connectivity index (χ0v) is 12.8. The number of carbonyl (C=O) groups is 1. The fourth-order valence-electron chi connectivity index (χ4n) is 1.50. The Balaban J connectivity index is 1.89. The maximum absolute atomic E-state index is 11.4. The molecule has 116 valence electrons. The zero-order chi connectivity index (χ0) is 15.9. The van der Waals surface area contributed by atoms with Gasteiger partial charge in [-0.25, -0.2) is 0 Å². The minimum atomic E-state index is -0.645. The normalized spacial score (nSPS) is 11.8. The van der Waals surface area contributed by atoms with Crippen molar-refractivity contribution < 1.29 is 9.53 Å². The van der Waals surface area contributed by atoms with Crippen molar-refractivity contribution in [2.45, 2.75) is 13.0 Å².